The Morgan fingerprint density at radius 2 is 0.651 bits per heavy atom. The van der Waals surface area contributed by atoms with Crippen LogP contribution < -0.4 is 69.1 Å². The lowest BCUT2D eigenvalue weighted by Gasteiger charge is -2.32. The molecule has 146 heavy (non-hydrogen) atoms. The van der Waals surface area contributed by atoms with Gasteiger partial charge in [-0.15, -0.1) is 0 Å². The van der Waals surface area contributed by atoms with Crippen molar-refractivity contribution in [3.05, 3.63) is 312 Å². The number of likely N-dealkylation sites (tertiary alicyclic amines) is 3. The molecule has 13 N–H and O–H groups in total. The number of benzene rings is 8. The minimum atomic E-state index is -0.600. The molecule has 0 bridgehead atoms. The molecule has 0 saturated carbocycles. The smallest absolute Gasteiger partial charge is 0.247 e. The first-order chi connectivity index (χ1) is 70.5. The van der Waals surface area contributed by atoms with Crippen molar-refractivity contribution in [2.45, 2.75) is 150 Å². The van der Waals surface area contributed by atoms with Gasteiger partial charge in [-0.05, 0) is 283 Å². The number of piperidine rings is 4. The Morgan fingerprint density at radius 3 is 0.932 bits per heavy atom. The van der Waals surface area contributed by atoms with E-state index in [-0.39, 0.29) is 72.1 Å². The van der Waals surface area contributed by atoms with E-state index >= 15 is 0 Å². The van der Waals surface area contributed by atoms with Gasteiger partial charge in [0, 0.05) is 180 Å². The van der Waals surface area contributed by atoms with Gasteiger partial charge in [-0.2, -0.15) is 19.9 Å². The maximum absolute atomic E-state index is 12.6. The van der Waals surface area contributed by atoms with E-state index in [1.807, 2.05) is 163 Å². The van der Waals surface area contributed by atoms with E-state index in [9.17, 15) is 47.1 Å². The van der Waals surface area contributed by atoms with E-state index in [0.717, 1.165) is 154 Å². The average molecular weight is 1970 g/mol. The summed E-state index contributed by atoms with van der Waals surface area (Å²) in [6.45, 7) is 35.1. The van der Waals surface area contributed by atoms with Gasteiger partial charge in [-0.25, -0.2) is 24.3 Å². The Balaban J connectivity index is 0.000000163. The number of nitrogens with zero attached hydrogens (tertiary/aromatic N) is 11. The van der Waals surface area contributed by atoms with Crippen LogP contribution in [-0.4, -0.2) is 161 Å². The lowest BCUT2D eigenvalue weighted by molar-refractivity contribution is -0.134. The first kappa shape index (κ1) is 106. The maximum Gasteiger partial charge on any atom is 0.247 e. The highest BCUT2D eigenvalue weighted by Gasteiger charge is 2.30. The largest absolute Gasteiger partial charge is 0.356 e. The van der Waals surface area contributed by atoms with Crippen LogP contribution >= 0.6 is 0 Å². The Bertz CT molecular complexity index is 6760. The summed E-state index contributed by atoms with van der Waals surface area (Å²) in [6.07, 6.45) is 18.9. The van der Waals surface area contributed by atoms with Gasteiger partial charge in [0.25, 0.3) is 0 Å². The van der Waals surface area contributed by atoms with Crippen molar-refractivity contribution >= 4 is 163 Å². The fourth-order valence-corrected chi connectivity index (χ4v) is 17.3. The predicted octanol–water partition coefficient (Wildman–Crippen LogP) is 21.7. The molecule has 8 heterocycles. The van der Waals surface area contributed by atoms with Crippen molar-refractivity contribution in [1.82, 2.24) is 59.9 Å². The van der Waals surface area contributed by atoms with Crippen molar-refractivity contribution in [1.29, 1.82) is 0 Å². The summed E-state index contributed by atoms with van der Waals surface area (Å²) < 4.78 is 25.1. The number of alkyl halides is 2. The van der Waals surface area contributed by atoms with Crippen molar-refractivity contribution in [2.75, 3.05) is 123 Å². The van der Waals surface area contributed by atoms with Crippen molar-refractivity contribution in [3.63, 3.8) is 0 Å². The summed E-state index contributed by atoms with van der Waals surface area (Å²) >= 11 is 0. The molecule has 4 aliphatic heterocycles. The highest BCUT2D eigenvalue weighted by Crippen LogP contribution is 2.39. The summed E-state index contributed by atoms with van der Waals surface area (Å²) in [4.78, 5) is 136. The fraction of sp³-hybridized carbons (Fsp3) is 0.286. The second-order valence-electron chi connectivity index (χ2n) is 36.2. The minimum Gasteiger partial charge on any atom is -0.356 e. The molecule has 12 aromatic rings. The summed E-state index contributed by atoms with van der Waals surface area (Å²) in [5, 5.41) is 40.3. The van der Waals surface area contributed by atoms with Crippen LogP contribution in [0.2, 0.25) is 0 Å². The van der Waals surface area contributed by atoms with Crippen LogP contribution in [0.5, 0.6) is 0 Å². The third-order valence-corrected chi connectivity index (χ3v) is 25.5. The zero-order chi connectivity index (χ0) is 104. The van der Waals surface area contributed by atoms with Crippen LogP contribution in [0.3, 0.4) is 0 Å². The SMILES string of the molecule is C=CC(=O)Nc1cccc(Nc2nc(Nc3ccc(C4CCN(C(=O)CC)CC4)cc3C)ncc2C)c1.C=CC(=O)Nc1cccc(Nc2nc(Nc3ccc(C4CCN(C(=O)CCF)CC4)cc3C)ncc2C)c1.C=CC(=O)Nc1cccc(Nc2nc(Nc3ccc(C4CCN(CCF)C(=O)C4)cc3C)ncc2C)c1.C=CC(=O)Nc1cccc(Nc2nc(Nc3ccc(C4CCNC(=O)C4)cc3C)ncc2C)c1. The van der Waals surface area contributed by atoms with Crippen LogP contribution in [0, 0.1) is 55.4 Å². The van der Waals surface area contributed by atoms with Gasteiger partial charge in [0.2, 0.25) is 71.1 Å². The maximum atomic E-state index is 12.6. The number of hydrogen-bond donors (Lipinski definition) is 13. The van der Waals surface area contributed by atoms with Gasteiger partial charge in [-0.1, -0.05) is 106 Å². The number of carbonyl (C=O) groups is 8. The fourth-order valence-electron chi connectivity index (χ4n) is 17.3. The molecule has 8 amide bonds. The van der Waals surface area contributed by atoms with Gasteiger partial charge in [0.1, 0.15) is 29.9 Å². The van der Waals surface area contributed by atoms with Crippen molar-refractivity contribution in [3.8, 4) is 0 Å². The molecule has 4 saturated heterocycles. The number of aryl methyl sites for hydroxylation is 8. The van der Waals surface area contributed by atoms with Crippen LogP contribution in [0.15, 0.2) is 245 Å². The van der Waals surface area contributed by atoms with E-state index in [1.165, 1.54) is 41.0 Å². The standard InChI is InChI=1S/C29H33FN6O2.C29H34N6O2.C28H31FN6O2.C26H28N6O2/c1-4-26(37)32-23-6-5-7-24(17-23)33-28-20(3)18-31-29(35-28)34-25-9-8-22(16-19(25)2)21-11-14-36(15-12-21)27(38)10-13-30;1-5-26(36)31-23-8-7-9-24(17-23)32-28-20(4)18-30-29(34-28)33-25-11-10-22(16-19(25)3)21-12-14-35(15-13-21)27(37)6-2;1-4-25(36)31-22-6-5-7-23(16-22)32-27-19(3)17-30-28(34-27)33-24-9-8-20(14-18(24)2)21-10-12-35(13-11-29)26(37)15-21;1-4-23(33)29-20-6-5-7-21(14-20)30-25-17(3)15-28-26(32-25)31-22-9-8-18(12-16(22)2)19-10-11-27-24(34)13-19/h4-9,16-18,21H,1,10-15H2,2-3H3,(H,32,37)(H2,31,33,34,35);5,7-11,16-18,21H,1,6,12-15H2,2-4H3,(H,31,36)(H2,30,32,33,34);4-9,14,16-17,21H,1,10-13,15H2,2-3H3,(H,31,36)(H2,30,32,33,34);4-9,12,14-15,19H,1,10-11,13H2,2-3H3,(H,27,34)(H,29,33)(H2,28,30,31,32). The first-order valence-corrected chi connectivity index (χ1v) is 48.8. The summed E-state index contributed by atoms with van der Waals surface area (Å²) in [6, 6.07) is 54.5. The molecule has 2 unspecified atom stereocenters. The van der Waals surface area contributed by atoms with Gasteiger partial charge >= 0.3 is 0 Å². The number of aromatic nitrogens is 8. The molecule has 16 rings (SSSR count). The lowest BCUT2D eigenvalue weighted by Crippen LogP contribution is -2.39. The van der Waals surface area contributed by atoms with Crippen molar-refractivity contribution < 1.29 is 47.1 Å². The molecule has 4 aromatic heterocycles. The monoisotopic (exact) mass is 1970 g/mol. The number of nitrogens with one attached hydrogen (secondary N) is 13. The predicted molar refractivity (Wildman–Crippen MR) is 577 cm³/mol. The number of halogens is 2. The quantitative estimate of drug-likeness (QED) is 0.0170. The molecule has 0 aliphatic carbocycles. The average Bonchev–Trinajstić information content (AvgIpc) is 0.822. The molecular formula is C112H126F2N24O8. The number of amides is 8. The van der Waals surface area contributed by atoms with E-state index in [0.29, 0.717) is 121 Å². The Hall–Kier alpha value is -16.9. The second-order valence-corrected chi connectivity index (χ2v) is 36.2. The molecular weight excluding hydrogens is 1850 g/mol. The normalized spacial score (nSPS) is 14.4. The number of rotatable bonds is 33. The third-order valence-electron chi connectivity index (χ3n) is 25.5. The van der Waals surface area contributed by atoms with Gasteiger partial charge in [-0.3, -0.25) is 42.7 Å². The van der Waals surface area contributed by atoms with Gasteiger partial charge in [0.15, 0.2) is 0 Å². The molecule has 8 aromatic carbocycles. The molecule has 32 nitrogen and oxygen atoms in total. The highest BCUT2D eigenvalue weighted by atomic mass is 19.1. The number of anilines is 20. The zero-order valence-electron chi connectivity index (χ0n) is 83.8. The summed E-state index contributed by atoms with van der Waals surface area (Å²) in [5.41, 5.74) is 22.0. The first-order valence-electron chi connectivity index (χ1n) is 48.8. The topological polar surface area (TPSA) is 406 Å². The van der Waals surface area contributed by atoms with Crippen LogP contribution in [0.1, 0.15) is 162 Å². The van der Waals surface area contributed by atoms with Crippen molar-refractivity contribution in [2.24, 2.45) is 0 Å². The highest BCUT2D eigenvalue weighted by molar-refractivity contribution is 6.01. The molecule has 2 atom stereocenters. The third kappa shape index (κ3) is 30.3. The lowest BCUT2D eigenvalue weighted by atomic mass is 9.88. The summed E-state index contributed by atoms with van der Waals surface area (Å²) in [5.74, 6) is 4.88. The van der Waals surface area contributed by atoms with Crippen LogP contribution in [-0.2, 0) is 38.4 Å². The van der Waals surface area contributed by atoms with E-state index in [4.69, 9.17) is 0 Å². The van der Waals surface area contributed by atoms with Crippen LogP contribution in [0.25, 0.3) is 0 Å². The van der Waals surface area contributed by atoms with Crippen LogP contribution in [0.4, 0.5) is 124 Å². The Kier molecular flexibility index (Phi) is 37.6. The van der Waals surface area contributed by atoms with E-state index < -0.39 is 13.3 Å². The molecule has 0 radical (unpaired) electrons. The molecule has 0 spiro atoms. The molecule has 4 fully saturated rings. The number of hydrogen-bond acceptors (Lipinski definition) is 24. The zero-order valence-corrected chi connectivity index (χ0v) is 83.8. The second kappa shape index (κ2) is 51.7. The Morgan fingerprint density at radius 1 is 0.356 bits per heavy atom. The summed E-state index contributed by atoms with van der Waals surface area (Å²) in [7, 11) is 0. The van der Waals surface area contributed by atoms with E-state index in [2.05, 4.69) is 191 Å². The van der Waals surface area contributed by atoms with Gasteiger partial charge < -0.3 is 83.8 Å². The number of carbonyl (C=O) groups excluding carboxylic acids is 8. The van der Waals surface area contributed by atoms with E-state index in [1.54, 1.807) is 52.8 Å². The molecule has 34 heteroatoms. The Labute approximate surface area is 850 Å². The van der Waals surface area contributed by atoms with Gasteiger partial charge in [0.05, 0.1) is 13.1 Å². The molecule has 756 valence electrons. The minimum absolute atomic E-state index is 0.00969. The molecule has 4 aliphatic rings.